The minimum absolute atomic E-state index is 0.212. The standard InChI is InChI=1S/C21H25ClN2O3S/c1-14-11-15(2)13-24(12-14)28(26,27)18-9-7-17(8-10-18)21(25)23-20-6-4-5-19(22)16(20)3/h4-10,14-15H,11-13H2,1-3H3,(H,23,25)/t14-,15-/m1/s1. The van der Waals surface area contributed by atoms with Crippen LogP contribution in [-0.4, -0.2) is 31.7 Å². The maximum Gasteiger partial charge on any atom is 0.255 e. The van der Waals surface area contributed by atoms with Crippen LogP contribution in [0.25, 0.3) is 0 Å². The van der Waals surface area contributed by atoms with E-state index >= 15 is 0 Å². The monoisotopic (exact) mass is 420 g/mol. The van der Waals surface area contributed by atoms with Gasteiger partial charge in [0.2, 0.25) is 10.0 Å². The van der Waals surface area contributed by atoms with E-state index in [1.165, 1.54) is 12.1 Å². The fourth-order valence-corrected chi connectivity index (χ4v) is 5.52. The number of halogens is 1. The molecule has 0 aliphatic carbocycles. The number of nitrogens with one attached hydrogen (secondary N) is 1. The average Bonchev–Trinajstić information content (AvgIpc) is 2.64. The van der Waals surface area contributed by atoms with Gasteiger partial charge in [-0.1, -0.05) is 31.5 Å². The molecule has 1 aliphatic heterocycles. The van der Waals surface area contributed by atoms with E-state index in [0.717, 1.165) is 12.0 Å². The van der Waals surface area contributed by atoms with Gasteiger partial charge >= 0.3 is 0 Å². The second-order valence-corrected chi connectivity index (χ2v) is 10.0. The van der Waals surface area contributed by atoms with Crippen molar-refractivity contribution in [1.29, 1.82) is 0 Å². The first-order valence-electron chi connectivity index (χ1n) is 9.35. The van der Waals surface area contributed by atoms with E-state index in [1.54, 1.807) is 34.6 Å². The van der Waals surface area contributed by atoms with Crippen molar-refractivity contribution in [3.05, 3.63) is 58.6 Å². The van der Waals surface area contributed by atoms with Crippen molar-refractivity contribution in [2.24, 2.45) is 11.8 Å². The molecule has 3 rings (SSSR count). The van der Waals surface area contributed by atoms with Gasteiger partial charge in [0.25, 0.3) is 5.91 Å². The molecule has 1 heterocycles. The Morgan fingerprint density at radius 1 is 1.07 bits per heavy atom. The smallest absolute Gasteiger partial charge is 0.255 e. The molecule has 0 bridgehead atoms. The van der Waals surface area contributed by atoms with Crippen LogP contribution in [0.3, 0.4) is 0 Å². The van der Waals surface area contributed by atoms with Crippen LogP contribution in [-0.2, 0) is 10.0 Å². The summed E-state index contributed by atoms with van der Waals surface area (Å²) in [6.45, 7) is 7.03. The van der Waals surface area contributed by atoms with Crippen LogP contribution >= 0.6 is 11.6 Å². The molecule has 1 aliphatic rings. The van der Waals surface area contributed by atoms with Gasteiger partial charge in [-0.15, -0.1) is 0 Å². The van der Waals surface area contributed by atoms with Gasteiger partial charge < -0.3 is 5.32 Å². The summed E-state index contributed by atoms with van der Waals surface area (Å²) < 4.78 is 27.4. The van der Waals surface area contributed by atoms with Gasteiger partial charge in [-0.05, 0) is 67.1 Å². The Bertz CT molecular complexity index is 964. The minimum atomic E-state index is -3.56. The van der Waals surface area contributed by atoms with Crippen molar-refractivity contribution >= 4 is 33.2 Å². The first kappa shape index (κ1) is 20.8. The highest BCUT2D eigenvalue weighted by Crippen LogP contribution is 2.27. The summed E-state index contributed by atoms with van der Waals surface area (Å²) in [7, 11) is -3.56. The van der Waals surface area contributed by atoms with E-state index in [9.17, 15) is 13.2 Å². The van der Waals surface area contributed by atoms with Gasteiger partial charge in [0.15, 0.2) is 0 Å². The molecule has 2 aromatic carbocycles. The van der Waals surface area contributed by atoms with E-state index in [2.05, 4.69) is 19.2 Å². The molecular formula is C21H25ClN2O3S. The summed E-state index contributed by atoms with van der Waals surface area (Å²) >= 11 is 6.09. The molecule has 7 heteroatoms. The molecule has 1 fully saturated rings. The lowest BCUT2D eigenvalue weighted by atomic mass is 9.94. The Balaban J connectivity index is 1.77. The summed E-state index contributed by atoms with van der Waals surface area (Å²) in [5.41, 5.74) is 1.80. The van der Waals surface area contributed by atoms with Gasteiger partial charge in [-0.3, -0.25) is 4.79 Å². The Labute approximate surface area is 171 Å². The van der Waals surface area contributed by atoms with Crippen LogP contribution in [0.15, 0.2) is 47.4 Å². The van der Waals surface area contributed by atoms with Crippen LogP contribution in [0.1, 0.15) is 36.2 Å². The second-order valence-electron chi connectivity index (χ2n) is 7.66. The van der Waals surface area contributed by atoms with E-state index in [1.807, 2.05) is 6.92 Å². The zero-order valence-electron chi connectivity index (χ0n) is 16.3. The Kier molecular flexibility index (Phi) is 6.12. The lowest BCUT2D eigenvalue weighted by Crippen LogP contribution is -2.42. The molecule has 2 aromatic rings. The van der Waals surface area contributed by atoms with Gasteiger partial charge in [-0.2, -0.15) is 4.31 Å². The number of benzene rings is 2. The minimum Gasteiger partial charge on any atom is -0.322 e. The van der Waals surface area contributed by atoms with Crippen LogP contribution in [0.2, 0.25) is 5.02 Å². The number of sulfonamides is 1. The van der Waals surface area contributed by atoms with E-state index < -0.39 is 10.0 Å². The molecule has 5 nitrogen and oxygen atoms in total. The number of rotatable bonds is 4. The summed E-state index contributed by atoms with van der Waals surface area (Å²) in [5, 5.41) is 3.39. The SMILES string of the molecule is Cc1c(Cl)cccc1NC(=O)c1ccc(S(=O)(=O)N2C[C@H](C)C[C@@H](C)C2)cc1. The molecule has 150 valence electrons. The first-order chi connectivity index (χ1) is 13.2. The van der Waals surface area contributed by atoms with E-state index in [4.69, 9.17) is 11.6 Å². The van der Waals surface area contributed by atoms with E-state index in [-0.39, 0.29) is 10.8 Å². The molecule has 0 aromatic heterocycles. The highest BCUT2D eigenvalue weighted by atomic mass is 35.5. The highest BCUT2D eigenvalue weighted by molar-refractivity contribution is 7.89. The Hall–Kier alpha value is -1.89. The van der Waals surface area contributed by atoms with Gasteiger partial charge in [0, 0.05) is 29.4 Å². The van der Waals surface area contributed by atoms with Crippen LogP contribution in [0, 0.1) is 18.8 Å². The summed E-state index contributed by atoms with van der Waals surface area (Å²) in [6, 6.07) is 11.4. The molecule has 1 saturated heterocycles. The third-order valence-corrected chi connectivity index (χ3v) is 7.36. The number of carbonyl (C=O) groups excluding carboxylic acids is 1. The summed E-state index contributed by atoms with van der Waals surface area (Å²) in [6.07, 6.45) is 1.04. The average molecular weight is 421 g/mol. The number of hydrogen-bond donors (Lipinski definition) is 1. The molecule has 0 radical (unpaired) electrons. The number of amides is 1. The largest absolute Gasteiger partial charge is 0.322 e. The van der Waals surface area contributed by atoms with Crippen LogP contribution < -0.4 is 5.32 Å². The number of hydrogen-bond acceptors (Lipinski definition) is 3. The fourth-order valence-electron chi connectivity index (χ4n) is 3.67. The molecule has 0 spiro atoms. The van der Waals surface area contributed by atoms with Crippen LogP contribution in [0.4, 0.5) is 5.69 Å². The molecule has 1 N–H and O–H groups in total. The van der Waals surface area contributed by atoms with Crippen molar-refractivity contribution in [3.63, 3.8) is 0 Å². The zero-order chi connectivity index (χ0) is 20.5. The van der Waals surface area contributed by atoms with Crippen molar-refractivity contribution < 1.29 is 13.2 Å². The van der Waals surface area contributed by atoms with Crippen molar-refractivity contribution in [2.45, 2.75) is 32.1 Å². The van der Waals surface area contributed by atoms with E-state index in [0.29, 0.717) is 41.2 Å². The summed E-state index contributed by atoms with van der Waals surface area (Å²) in [5.74, 6) is 0.364. The first-order valence-corrected chi connectivity index (χ1v) is 11.2. The maximum absolute atomic E-state index is 12.9. The molecular weight excluding hydrogens is 396 g/mol. The predicted octanol–water partition coefficient (Wildman–Crippen LogP) is 4.57. The third kappa shape index (κ3) is 4.40. The van der Waals surface area contributed by atoms with Crippen molar-refractivity contribution in [1.82, 2.24) is 4.31 Å². The number of anilines is 1. The van der Waals surface area contributed by atoms with Gasteiger partial charge in [-0.25, -0.2) is 8.42 Å². The van der Waals surface area contributed by atoms with Gasteiger partial charge in [0.05, 0.1) is 4.90 Å². The summed E-state index contributed by atoms with van der Waals surface area (Å²) in [4.78, 5) is 12.7. The fraction of sp³-hybridized carbons (Fsp3) is 0.381. The normalized spacial score (nSPS) is 20.7. The molecule has 0 saturated carbocycles. The molecule has 1 amide bonds. The Morgan fingerprint density at radius 2 is 1.68 bits per heavy atom. The zero-order valence-corrected chi connectivity index (χ0v) is 17.8. The molecule has 28 heavy (non-hydrogen) atoms. The van der Waals surface area contributed by atoms with Gasteiger partial charge in [0.1, 0.15) is 0 Å². The lowest BCUT2D eigenvalue weighted by Gasteiger charge is -2.34. The van der Waals surface area contributed by atoms with Crippen molar-refractivity contribution in [2.75, 3.05) is 18.4 Å². The maximum atomic E-state index is 12.9. The molecule has 2 atom stereocenters. The lowest BCUT2D eigenvalue weighted by molar-refractivity contribution is 0.102. The highest BCUT2D eigenvalue weighted by Gasteiger charge is 2.31. The number of piperidine rings is 1. The quantitative estimate of drug-likeness (QED) is 0.787. The topological polar surface area (TPSA) is 66.5 Å². The third-order valence-electron chi connectivity index (χ3n) is 5.11. The van der Waals surface area contributed by atoms with Crippen molar-refractivity contribution in [3.8, 4) is 0 Å². The Morgan fingerprint density at radius 3 is 2.29 bits per heavy atom. The molecule has 0 unspecified atom stereocenters. The number of nitrogens with zero attached hydrogens (tertiary/aromatic N) is 1. The van der Waals surface area contributed by atoms with Crippen LogP contribution in [0.5, 0.6) is 0 Å². The predicted molar refractivity (Wildman–Crippen MR) is 112 cm³/mol. The number of carbonyl (C=O) groups is 1. The second kappa shape index (κ2) is 8.23.